The van der Waals surface area contributed by atoms with Gasteiger partial charge < -0.3 is 15.1 Å². The fourth-order valence-electron chi connectivity index (χ4n) is 1.77. The summed E-state index contributed by atoms with van der Waals surface area (Å²) in [6, 6.07) is 2.41. The number of rotatable bonds is 3. The normalized spacial score (nSPS) is 16.9. The second kappa shape index (κ2) is 5.61. The van der Waals surface area contributed by atoms with Crippen molar-refractivity contribution in [2.75, 3.05) is 14.2 Å². The van der Waals surface area contributed by atoms with E-state index >= 15 is 0 Å². The molecule has 21 heavy (non-hydrogen) atoms. The maximum Gasteiger partial charge on any atom is 0.277 e. The van der Waals surface area contributed by atoms with Gasteiger partial charge in [0.05, 0.1) is 7.11 Å². The topological polar surface area (TPSA) is 94.7 Å². The molecule has 0 fully saturated rings. The first-order valence-electron chi connectivity index (χ1n) is 5.80. The number of halogens is 1. The van der Waals surface area contributed by atoms with Gasteiger partial charge in [-0.15, -0.1) is 0 Å². The molecule has 1 heterocycles. The number of amides is 1. The summed E-state index contributed by atoms with van der Waals surface area (Å²) in [5.74, 6) is -1.81. The first-order chi connectivity index (χ1) is 9.97. The minimum Gasteiger partial charge on any atom is -0.502 e. The van der Waals surface area contributed by atoms with Crippen molar-refractivity contribution in [2.24, 2.45) is 10.1 Å². The molecule has 1 amide bonds. The first kappa shape index (κ1) is 14.5. The van der Waals surface area contributed by atoms with Crippen LogP contribution in [0.15, 0.2) is 28.0 Å². The van der Waals surface area contributed by atoms with E-state index in [0.717, 1.165) is 12.3 Å². The largest absolute Gasteiger partial charge is 0.502 e. The number of hydrogen-bond acceptors (Lipinski definition) is 6. The summed E-state index contributed by atoms with van der Waals surface area (Å²) in [5, 5.41) is 20.7. The molecule has 0 saturated heterocycles. The van der Waals surface area contributed by atoms with Crippen molar-refractivity contribution >= 4 is 24.0 Å². The number of aliphatic imine (C=N–C) groups is 1. The minimum absolute atomic E-state index is 0.0412. The Kier molecular flexibility index (Phi) is 3.88. The third kappa shape index (κ3) is 2.69. The van der Waals surface area contributed by atoms with Gasteiger partial charge in [0.25, 0.3) is 5.91 Å². The number of amidine groups is 1. The van der Waals surface area contributed by atoms with Crippen LogP contribution in [-0.2, 0) is 4.79 Å². The Labute approximate surface area is 119 Å². The highest BCUT2D eigenvalue weighted by molar-refractivity contribution is 6.37. The van der Waals surface area contributed by atoms with Crippen molar-refractivity contribution in [3.8, 4) is 11.5 Å². The number of carbonyl (C=O) groups is 1. The molecule has 0 aromatic heterocycles. The average molecular weight is 293 g/mol. The van der Waals surface area contributed by atoms with Crippen LogP contribution < -0.4 is 4.74 Å². The molecule has 0 spiro atoms. The van der Waals surface area contributed by atoms with Gasteiger partial charge in [0.2, 0.25) is 0 Å². The van der Waals surface area contributed by atoms with E-state index in [1.165, 1.54) is 31.2 Å². The lowest BCUT2D eigenvalue weighted by Gasteiger charge is -2.07. The summed E-state index contributed by atoms with van der Waals surface area (Å²) >= 11 is 0. The number of aromatic hydroxyl groups is 1. The van der Waals surface area contributed by atoms with Gasteiger partial charge in [0.15, 0.2) is 23.2 Å². The van der Waals surface area contributed by atoms with Gasteiger partial charge in [-0.25, -0.2) is 9.38 Å². The maximum absolute atomic E-state index is 13.5. The van der Waals surface area contributed by atoms with Crippen molar-refractivity contribution in [3.63, 3.8) is 0 Å². The first-order valence-corrected chi connectivity index (χ1v) is 5.80. The SMILES string of the molecule is COc1cc(/C=C2N=C(/C=N/O)N(C)C/2=O)cc(F)c1O. The maximum atomic E-state index is 13.5. The van der Waals surface area contributed by atoms with E-state index in [1.54, 1.807) is 0 Å². The summed E-state index contributed by atoms with van der Waals surface area (Å²) in [6.45, 7) is 0. The van der Waals surface area contributed by atoms with Crippen molar-refractivity contribution in [1.82, 2.24) is 4.90 Å². The van der Waals surface area contributed by atoms with Crippen molar-refractivity contribution < 1.29 is 24.2 Å². The smallest absolute Gasteiger partial charge is 0.277 e. The molecule has 1 aliphatic heterocycles. The zero-order valence-electron chi connectivity index (χ0n) is 11.2. The summed E-state index contributed by atoms with van der Waals surface area (Å²) in [6.07, 6.45) is 2.35. The highest BCUT2D eigenvalue weighted by Crippen LogP contribution is 2.31. The molecule has 2 rings (SSSR count). The third-order valence-corrected chi connectivity index (χ3v) is 2.85. The van der Waals surface area contributed by atoms with Crippen LogP contribution in [0.5, 0.6) is 11.5 Å². The third-order valence-electron chi connectivity index (χ3n) is 2.85. The van der Waals surface area contributed by atoms with Crippen LogP contribution >= 0.6 is 0 Å². The number of likely N-dealkylation sites (N-methyl/N-ethyl adjacent to an activating group) is 1. The average Bonchev–Trinajstić information content (AvgIpc) is 2.71. The van der Waals surface area contributed by atoms with Crippen LogP contribution in [0.1, 0.15) is 5.56 Å². The number of phenolic OH excluding ortho intramolecular Hbond substituents is 1. The van der Waals surface area contributed by atoms with Crippen LogP contribution in [0.25, 0.3) is 6.08 Å². The number of nitrogens with zero attached hydrogens (tertiary/aromatic N) is 3. The van der Waals surface area contributed by atoms with E-state index in [-0.39, 0.29) is 17.3 Å². The number of oxime groups is 1. The van der Waals surface area contributed by atoms with Gasteiger partial charge in [-0.2, -0.15) is 0 Å². The summed E-state index contributed by atoms with van der Waals surface area (Å²) < 4.78 is 18.4. The van der Waals surface area contributed by atoms with Gasteiger partial charge >= 0.3 is 0 Å². The Morgan fingerprint density at radius 1 is 1.48 bits per heavy atom. The molecule has 0 aliphatic carbocycles. The van der Waals surface area contributed by atoms with Crippen LogP contribution in [0.3, 0.4) is 0 Å². The van der Waals surface area contributed by atoms with E-state index in [9.17, 15) is 14.3 Å². The van der Waals surface area contributed by atoms with Gasteiger partial charge in [-0.3, -0.25) is 9.69 Å². The zero-order chi connectivity index (χ0) is 15.6. The minimum atomic E-state index is -0.874. The summed E-state index contributed by atoms with van der Waals surface area (Å²) in [5.41, 5.74) is 0.337. The van der Waals surface area contributed by atoms with Crippen LogP contribution in [-0.4, -0.2) is 47.3 Å². The molecule has 1 aliphatic rings. The number of ether oxygens (including phenoxy) is 1. The predicted molar refractivity (Wildman–Crippen MR) is 73.1 cm³/mol. The molecule has 1 aromatic rings. The van der Waals surface area contributed by atoms with Crippen LogP contribution in [0.4, 0.5) is 4.39 Å². The molecule has 0 unspecified atom stereocenters. The quantitative estimate of drug-likeness (QED) is 0.379. The fraction of sp³-hybridized carbons (Fsp3) is 0.154. The molecular weight excluding hydrogens is 281 g/mol. The van der Waals surface area contributed by atoms with Gasteiger partial charge in [-0.1, -0.05) is 5.16 Å². The Bertz CT molecular complexity index is 682. The molecule has 0 atom stereocenters. The highest BCUT2D eigenvalue weighted by Gasteiger charge is 2.26. The van der Waals surface area contributed by atoms with E-state index in [1.807, 2.05) is 0 Å². The van der Waals surface area contributed by atoms with E-state index in [0.29, 0.717) is 5.56 Å². The fourth-order valence-corrected chi connectivity index (χ4v) is 1.77. The Morgan fingerprint density at radius 2 is 2.19 bits per heavy atom. The second-order valence-electron chi connectivity index (χ2n) is 4.16. The molecular formula is C13H12FN3O4. The van der Waals surface area contributed by atoms with Crippen molar-refractivity contribution in [2.45, 2.75) is 0 Å². The lowest BCUT2D eigenvalue weighted by Crippen LogP contribution is -2.28. The lowest BCUT2D eigenvalue weighted by molar-refractivity contribution is -0.121. The molecule has 8 heteroatoms. The number of benzene rings is 1. The van der Waals surface area contributed by atoms with E-state index < -0.39 is 17.5 Å². The van der Waals surface area contributed by atoms with Gasteiger partial charge in [-0.05, 0) is 23.8 Å². The monoisotopic (exact) mass is 293 g/mol. The molecule has 7 nitrogen and oxygen atoms in total. The Balaban J connectivity index is 2.45. The summed E-state index contributed by atoms with van der Waals surface area (Å²) in [4.78, 5) is 17.1. The number of methoxy groups -OCH3 is 1. The van der Waals surface area contributed by atoms with E-state index in [2.05, 4.69) is 10.1 Å². The Morgan fingerprint density at radius 3 is 2.81 bits per heavy atom. The van der Waals surface area contributed by atoms with Crippen molar-refractivity contribution in [1.29, 1.82) is 0 Å². The van der Waals surface area contributed by atoms with Gasteiger partial charge in [0.1, 0.15) is 11.9 Å². The standard InChI is InChI=1S/C13H12FN3O4/c1-17-11(6-15-20)16-9(13(17)19)4-7-3-8(14)12(18)10(5-7)21-2/h3-6,18,20H,1-2H3/b9-4+,15-6+. The number of hydrogen-bond donors (Lipinski definition) is 2. The molecule has 2 N–H and O–H groups in total. The Hall–Kier alpha value is -2.90. The van der Waals surface area contributed by atoms with Crippen LogP contribution in [0, 0.1) is 5.82 Å². The highest BCUT2D eigenvalue weighted by atomic mass is 19.1. The molecule has 1 aromatic carbocycles. The number of carbonyl (C=O) groups excluding carboxylic acids is 1. The second-order valence-corrected chi connectivity index (χ2v) is 4.16. The van der Waals surface area contributed by atoms with Crippen molar-refractivity contribution in [3.05, 3.63) is 29.2 Å². The molecule has 110 valence electrons. The predicted octanol–water partition coefficient (Wildman–Crippen LogP) is 1.21. The van der Waals surface area contributed by atoms with Crippen LogP contribution in [0.2, 0.25) is 0 Å². The number of phenols is 1. The lowest BCUT2D eigenvalue weighted by atomic mass is 10.1. The molecule has 0 saturated carbocycles. The van der Waals surface area contributed by atoms with Gasteiger partial charge in [0, 0.05) is 7.05 Å². The molecule has 0 radical (unpaired) electrons. The van der Waals surface area contributed by atoms with E-state index in [4.69, 9.17) is 9.94 Å². The molecule has 0 bridgehead atoms. The summed E-state index contributed by atoms with van der Waals surface area (Å²) in [7, 11) is 2.75. The zero-order valence-corrected chi connectivity index (χ0v) is 11.2.